The van der Waals surface area contributed by atoms with Gasteiger partial charge in [0.15, 0.2) is 0 Å². The summed E-state index contributed by atoms with van der Waals surface area (Å²) in [6.45, 7) is 6.57. The molecule has 0 saturated carbocycles. The second kappa shape index (κ2) is 6.38. The summed E-state index contributed by atoms with van der Waals surface area (Å²) >= 11 is 3.46. The van der Waals surface area contributed by atoms with Gasteiger partial charge in [-0.15, -0.1) is 0 Å². The standard InChI is InChI=1S/C13H20BrNO2/c1-9-6-12(4-5-13(9)14)15(7-10(2)16)8-11(3)17/h4-6,10-11,16-17H,7-8H2,1-3H3. The molecule has 4 heteroatoms. The van der Waals surface area contributed by atoms with Gasteiger partial charge in [0.05, 0.1) is 12.2 Å². The van der Waals surface area contributed by atoms with Crippen LogP contribution in [0.2, 0.25) is 0 Å². The zero-order valence-electron chi connectivity index (χ0n) is 10.5. The Balaban J connectivity index is 2.91. The van der Waals surface area contributed by atoms with Crippen molar-refractivity contribution in [2.75, 3.05) is 18.0 Å². The van der Waals surface area contributed by atoms with Gasteiger partial charge in [0.25, 0.3) is 0 Å². The van der Waals surface area contributed by atoms with Crippen LogP contribution in [-0.4, -0.2) is 35.5 Å². The minimum Gasteiger partial charge on any atom is -0.392 e. The quantitative estimate of drug-likeness (QED) is 0.877. The second-order valence-electron chi connectivity index (χ2n) is 4.54. The summed E-state index contributed by atoms with van der Waals surface area (Å²) in [5, 5.41) is 19.0. The lowest BCUT2D eigenvalue weighted by Gasteiger charge is -2.28. The van der Waals surface area contributed by atoms with E-state index in [1.54, 1.807) is 13.8 Å². The first kappa shape index (κ1) is 14.5. The highest BCUT2D eigenvalue weighted by Gasteiger charge is 2.12. The molecule has 0 aromatic heterocycles. The Bertz CT molecular complexity index is 356. The monoisotopic (exact) mass is 301 g/mol. The van der Waals surface area contributed by atoms with Crippen LogP contribution in [0.25, 0.3) is 0 Å². The Hall–Kier alpha value is -0.580. The molecular weight excluding hydrogens is 282 g/mol. The highest BCUT2D eigenvalue weighted by molar-refractivity contribution is 9.10. The van der Waals surface area contributed by atoms with Crippen molar-refractivity contribution >= 4 is 21.6 Å². The highest BCUT2D eigenvalue weighted by atomic mass is 79.9. The predicted octanol–water partition coefficient (Wildman–Crippen LogP) is 2.33. The summed E-state index contributed by atoms with van der Waals surface area (Å²) in [5.41, 5.74) is 2.16. The van der Waals surface area contributed by atoms with Crippen LogP contribution in [0.4, 0.5) is 5.69 Å². The van der Waals surface area contributed by atoms with Crippen molar-refractivity contribution in [1.29, 1.82) is 0 Å². The first-order valence-electron chi connectivity index (χ1n) is 5.77. The molecule has 0 spiro atoms. The van der Waals surface area contributed by atoms with E-state index in [0.29, 0.717) is 13.1 Å². The molecule has 2 unspecified atom stereocenters. The first-order valence-corrected chi connectivity index (χ1v) is 6.56. The van der Waals surface area contributed by atoms with Gasteiger partial charge in [0, 0.05) is 23.2 Å². The van der Waals surface area contributed by atoms with Crippen LogP contribution in [0.5, 0.6) is 0 Å². The molecule has 0 heterocycles. The molecule has 0 radical (unpaired) electrons. The van der Waals surface area contributed by atoms with Gasteiger partial charge in [-0.2, -0.15) is 0 Å². The molecule has 1 aromatic carbocycles. The predicted molar refractivity (Wildman–Crippen MR) is 74.5 cm³/mol. The number of nitrogens with zero attached hydrogens (tertiary/aromatic N) is 1. The molecule has 0 saturated heterocycles. The Morgan fingerprint density at radius 3 is 2.12 bits per heavy atom. The fourth-order valence-electron chi connectivity index (χ4n) is 1.75. The lowest BCUT2D eigenvalue weighted by Crippen LogP contribution is -2.36. The normalized spacial score (nSPS) is 14.5. The average molecular weight is 302 g/mol. The van der Waals surface area contributed by atoms with Crippen LogP contribution in [0, 0.1) is 6.92 Å². The van der Waals surface area contributed by atoms with Crippen molar-refractivity contribution in [3.8, 4) is 0 Å². The molecule has 0 fully saturated rings. The molecule has 2 atom stereocenters. The molecule has 0 aliphatic rings. The van der Waals surface area contributed by atoms with Crippen LogP contribution < -0.4 is 4.90 Å². The third-order valence-electron chi connectivity index (χ3n) is 2.48. The Morgan fingerprint density at radius 2 is 1.71 bits per heavy atom. The van der Waals surface area contributed by atoms with Crippen molar-refractivity contribution in [3.05, 3.63) is 28.2 Å². The number of anilines is 1. The lowest BCUT2D eigenvalue weighted by molar-refractivity contribution is 0.178. The Kier molecular flexibility index (Phi) is 5.43. The number of hydrogen-bond donors (Lipinski definition) is 2. The van der Waals surface area contributed by atoms with E-state index in [1.807, 2.05) is 24.0 Å². The first-order chi connectivity index (χ1) is 7.90. The van der Waals surface area contributed by atoms with Gasteiger partial charge in [0.1, 0.15) is 0 Å². The Labute approximate surface area is 111 Å². The maximum Gasteiger partial charge on any atom is 0.0687 e. The van der Waals surface area contributed by atoms with E-state index < -0.39 is 12.2 Å². The van der Waals surface area contributed by atoms with Crippen LogP contribution in [0.1, 0.15) is 19.4 Å². The van der Waals surface area contributed by atoms with Gasteiger partial charge in [-0.3, -0.25) is 0 Å². The van der Waals surface area contributed by atoms with E-state index in [1.165, 1.54) is 0 Å². The molecule has 1 aromatic rings. The number of aliphatic hydroxyl groups excluding tert-OH is 2. The fourth-order valence-corrected chi connectivity index (χ4v) is 2.00. The van der Waals surface area contributed by atoms with Crippen molar-refractivity contribution < 1.29 is 10.2 Å². The van der Waals surface area contributed by atoms with E-state index in [0.717, 1.165) is 15.7 Å². The summed E-state index contributed by atoms with van der Waals surface area (Å²) in [5.74, 6) is 0. The zero-order valence-corrected chi connectivity index (χ0v) is 12.1. The molecular formula is C13H20BrNO2. The minimum atomic E-state index is -0.419. The summed E-state index contributed by atoms with van der Waals surface area (Å²) in [4.78, 5) is 1.99. The largest absolute Gasteiger partial charge is 0.392 e. The van der Waals surface area contributed by atoms with Crippen LogP contribution in [-0.2, 0) is 0 Å². The molecule has 1 rings (SSSR count). The number of rotatable bonds is 5. The molecule has 17 heavy (non-hydrogen) atoms. The zero-order chi connectivity index (χ0) is 13.0. The van der Waals surface area contributed by atoms with Gasteiger partial charge < -0.3 is 15.1 Å². The third-order valence-corrected chi connectivity index (χ3v) is 3.37. The van der Waals surface area contributed by atoms with Crippen LogP contribution in [0.15, 0.2) is 22.7 Å². The van der Waals surface area contributed by atoms with E-state index in [-0.39, 0.29) is 0 Å². The van der Waals surface area contributed by atoms with Crippen molar-refractivity contribution in [1.82, 2.24) is 0 Å². The number of aryl methyl sites for hydroxylation is 1. The molecule has 0 aliphatic heterocycles. The van der Waals surface area contributed by atoms with E-state index in [4.69, 9.17) is 0 Å². The number of aliphatic hydroxyl groups is 2. The maximum absolute atomic E-state index is 9.49. The summed E-state index contributed by atoms with van der Waals surface area (Å²) in [7, 11) is 0. The summed E-state index contributed by atoms with van der Waals surface area (Å²) < 4.78 is 1.07. The lowest BCUT2D eigenvalue weighted by atomic mass is 10.2. The van der Waals surface area contributed by atoms with Gasteiger partial charge in [-0.25, -0.2) is 0 Å². The topological polar surface area (TPSA) is 43.7 Å². The fraction of sp³-hybridized carbons (Fsp3) is 0.538. The van der Waals surface area contributed by atoms with E-state index >= 15 is 0 Å². The SMILES string of the molecule is Cc1cc(N(CC(C)O)CC(C)O)ccc1Br. The summed E-state index contributed by atoms with van der Waals surface area (Å²) in [6, 6.07) is 6.03. The van der Waals surface area contributed by atoms with Crippen molar-refractivity contribution in [2.45, 2.75) is 33.0 Å². The van der Waals surface area contributed by atoms with Crippen molar-refractivity contribution in [3.63, 3.8) is 0 Å². The molecule has 0 amide bonds. The van der Waals surface area contributed by atoms with Gasteiger partial charge in [0.2, 0.25) is 0 Å². The molecule has 3 nitrogen and oxygen atoms in total. The summed E-state index contributed by atoms with van der Waals surface area (Å²) in [6.07, 6.45) is -0.838. The van der Waals surface area contributed by atoms with Gasteiger partial charge in [-0.05, 0) is 44.5 Å². The molecule has 96 valence electrons. The highest BCUT2D eigenvalue weighted by Crippen LogP contribution is 2.23. The smallest absolute Gasteiger partial charge is 0.0687 e. The van der Waals surface area contributed by atoms with Gasteiger partial charge in [-0.1, -0.05) is 15.9 Å². The molecule has 2 N–H and O–H groups in total. The molecule has 0 bridgehead atoms. The Morgan fingerprint density at radius 1 is 1.18 bits per heavy atom. The van der Waals surface area contributed by atoms with E-state index in [2.05, 4.69) is 22.0 Å². The third kappa shape index (κ3) is 4.66. The van der Waals surface area contributed by atoms with Crippen LogP contribution in [0.3, 0.4) is 0 Å². The number of hydrogen-bond acceptors (Lipinski definition) is 3. The van der Waals surface area contributed by atoms with Crippen molar-refractivity contribution in [2.24, 2.45) is 0 Å². The van der Waals surface area contributed by atoms with E-state index in [9.17, 15) is 10.2 Å². The van der Waals surface area contributed by atoms with Gasteiger partial charge >= 0.3 is 0 Å². The average Bonchev–Trinajstić information content (AvgIpc) is 2.19. The minimum absolute atomic E-state index is 0.419. The maximum atomic E-state index is 9.49. The number of halogens is 1. The van der Waals surface area contributed by atoms with Crippen LogP contribution >= 0.6 is 15.9 Å². The molecule has 0 aliphatic carbocycles. The second-order valence-corrected chi connectivity index (χ2v) is 5.39. The number of benzene rings is 1.